The zero-order valence-corrected chi connectivity index (χ0v) is 45.3. The van der Waals surface area contributed by atoms with Gasteiger partial charge in [-0.2, -0.15) is 0 Å². The Morgan fingerprint density at radius 2 is 0.871 bits per heavy atom. The van der Waals surface area contributed by atoms with Crippen molar-refractivity contribution in [1.82, 2.24) is 5.32 Å². The summed E-state index contributed by atoms with van der Waals surface area (Å²) in [7, 11) is 1.49. The van der Waals surface area contributed by atoms with Crippen molar-refractivity contribution in [3.05, 3.63) is 170 Å². The molecule has 0 heterocycles. The third-order valence-electron chi connectivity index (χ3n) is 10.4. The molecule has 3 N–H and O–H groups in total. The predicted molar refractivity (Wildman–Crippen MR) is 303 cm³/mol. The number of phosphoric ester groups is 1. The predicted octanol–water partition coefficient (Wildman–Crippen LogP) is 16.1. The van der Waals surface area contributed by atoms with Crippen molar-refractivity contribution in [3.8, 4) is 0 Å². The first kappa shape index (κ1) is 65.9. The summed E-state index contributed by atoms with van der Waals surface area (Å²) in [4.78, 5) is 23.1. The number of allylic oxidation sites excluding steroid dienone is 27. The molecule has 1 amide bonds. The van der Waals surface area contributed by atoms with Crippen LogP contribution in [0.4, 0.5) is 0 Å². The van der Waals surface area contributed by atoms with E-state index in [1.165, 1.54) is 0 Å². The molecule has 0 rings (SSSR count). The average molecular weight is 986 g/mol. The number of rotatable bonds is 45. The van der Waals surface area contributed by atoms with E-state index in [0.717, 1.165) is 128 Å². The summed E-state index contributed by atoms with van der Waals surface area (Å²) in [6.07, 6.45) is 80.4. The summed E-state index contributed by atoms with van der Waals surface area (Å²) < 4.78 is 23.5. The fourth-order valence-electron chi connectivity index (χ4n) is 6.26. The number of amides is 1. The number of hydrogen-bond donors (Lipinski definition) is 3. The number of quaternary nitrogens is 1. The lowest BCUT2D eigenvalue weighted by Gasteiger charge is -2.25. The van der Waals surface area contributed by atoms with E-state index in [0.29, 0.717) is 23.9 Å². The van der Waals surface area contributed by atoms with Crippen LogP contribution >= 0.6 is 7.82 Å². The van der Waals surface area contributed by atoms with Gasteiger partial charge in [-0.1, -0.05) is 197 Å². The van der Waals surface area contributed by atoms with Gasteiger partial charge in [0.05, 0.1) is 39.9 Å². The van der Waals surface area contributed by atoms with Crippen molar-refractivity contribution < 1.29 is 32.9 Å². The van der Waals surface area contributed by atoms with Gasteiger partial charge in [0.15, 0.2) is 0 Å². The minimum Gasteiger partial charge on any atom is -0.387 e. The Morgan fingerprint density at radius 3 is 1.27 bits per heavy atom. The van der Waals surface area contributed by atoms with Gasteiger partial charge in [0.1, 0.15) is 13.2 Å². The fourth-order valence-corrected chi connectivity index (χ4v) is 6.99. The Kier molecular flexibility index (Phi) is 46.9. The summed E-state index contributed by atoms with van der Waals surface area (Å²) in [5.74, 6) is -0.234. The number of hydrogen-bond acceptors (Lipinski definition) is 5. The monoisotopic (exact) mass is 986 g/mol. The van der Waals surface area contributed by atoms with Crippen LogP contribution in [-0.4, -0.2) is 73.4 Å². The van der Waals surface area contributed by atoms with Crippen LogP contribution in [0.3, 0.4) is 0 Å². The normalized spacial score (nSPS) is 15.4. The summed E-state index contributed by atoms with van der Waals surface area (Å²) in [5.41, 5.74) is 0. The quantitative estimate of drug-likeness (QED) is 0.0243. The molecule has 0 aromatic rings. The number of unbranched alkanes of at least 4 members (excludes halogenated alkanes) is 6. The zero-order valence-electron chi connectivity index (χ0n) is 44.4. The molecule has 9 heteroatoms. The van der Waals surface area contributed by atoms with E-state index in [9.17, 15) is 19.4 Å². The molecular formula is C61H98N2O6P+. The summed E-state index contributed by atoms with van der Waals surface area (Å²) in [5, 5.41) is 13.8. The Morgan fingerprint density at radius 1 is 0.500 bits per heavy atom. The first-order valence-corrected chi connectivity index (χ1v) is 28.0. The topological polar surface area (TPSA) is 105 Å². The summed E-state index contributed by atoms with van der Waals surface area (Å²) >= 11 is 0. The Labute approximate surface area is 428 Å². The molecule has 0 aromatic carbocycles. The number of aliphatic hydroxyl groups excluding tert-OH is 1. The van der Waals surface area contributed by atoms with E-state index in [1.807, 2.05) is 27.2 Å². The second-order valence-corrected chi connectivity index (χ2v) is 19.6. The van der Waals surface area contributed by atoms with Crippen molar-refractivity contribution in [1.29, 1.82) is 0 Å². The van der Waals surface area contributed by atoms with Gasteiger partial charge in [0.25, 0.3) is 0 Å². The van der Waals surface area contributed by atoms with Crippen LogP contribution in [0.25, 0.3) is 0 Å². The number of likely N-dealkylation sites (N-methyl/N-ethyl adjacent to an activating group) is 1. The average Bonchev–Trinajstić information content (AvgIpc) is 3.32. The van der Waals surface area contributed by atoms with E-state index in [4.69, 9.17) is 9.05 Å². The van der Waals surface area contributed by atoms with Crippen LogP contribution in [0.5, 0.6) is 0 Å². The number of carbonyl (C=O) groups excluding carboxylic acids is 1. The van der Waals surface area contributed by atoms with Crippen LogP contribution in [0.2, 0.25) is 0 Å². The molecule has 392 valence electrons. The molecule has 0 bridgehead atoms. The van der Waals surface area contributed by atoms with Crippen LogP contribution in [0.15, 0.2) is 170 Å². The Bertz CT molecular complexity index is 1730. The van der Waals surface area contributed by atoms with Crippen LogP contribution in [-0.2, 0) is 18.4 Å². The fraction of sp³-hybridized carbons (Fsp3) is 0.525. The molecule has 0 radical (unpaired) electrons. The highest BCUT2D eigenvalue weighted by molar-refractivity contribution is 7.47. The molecule has 3 unspecified atom stereocenters. The highest BCUT2D eigenvalue weighted by Crippen LogP contribution is 2.43. The third kappa shape index (κ3) is 51.7. The van der Waals surface area contributed by atoms with Gasteiger partial charge in [0.2, 0.25) is 5.91 Å². The second-order valence-electron chi connectivity index (χ2n) is 18.1. The Balaban J connectivity index is 4.28. The van der Waals surface area contributed by atoms with E-state index < -0.39 is 20.0 Å². The van der Waals surface area contributed by atoms with Gasteiger partial charge in [0, 0.05) is 6.42 Å². The lowest BCUT2D eigenvalue weighted by molar-refractivity contribution is -0.870. The molecular weight excluding hydrogens is 888 g/mol. The lowest BCUT2D eigenvalue weighted by atomic mass is 10.1. The zero-order chi connectivity index (χ0) is 51.3. The first-order chi connectivity index (χ1) is 34.0. The van der Waals surface area contributed by atoms with Gasteiger partial charge in [-0.05, 0) is 122 Å². The maximum absolute atomic E-state index is 12.9. The molecule has 70 heavy (non-hydrogen) atoms. The summed E-state index contributed by atoms with van der Waals surface area (Å²) in [6.45, 7) is 4.52. The van der Waals surface area contributed by atoms with Crippen molar-refractivity contribution in [3.63, 3.8) is 0 Å². The third-order valence-corrected chi connectivity index (χ3v) is 11.4. The van der Waals surface area contributed by atoms with Gasteiger partial charge in [-0.15, -0.1) is 0 Å². The minimum atomic E-state index is -4.37. The Hall–Kier alpha value is -4.14. The smallest absolute Gasteiger partial charge is 0.387 e. The number of nitrogens with one attached hydrogen (secondary N) is 1. The van der Waals surface area contributed by atoms with Crippen molar-refractivity contribution in [2.24, 2.45) is 0 Å². The van der Waals surface area contributed by atoms with Crippen molar-refractivity contribution >= 4 is 13.7 Å². The van der Waals surface area contributed by atoms with Crippen LogP contribution < -0.4 is 5.32 Å². The first-order valence-electron chi connectivity index (χ1n) is 26.5. The number of nitrogens with zero attached hydrogens (tertiary/aromatic N) is 1. The molecule has 0 aliphatic rings. The maximum atomic E-state index is 12.9. The maximum Gasteiger partial charge on any atom is 0.472 e. The number of carbonyl (C=O) groups is 1. The molecule has 0 aliphatic heterocycles. The van der Waals surface area contributed by atoms with E-state index >= 15 is 0 Å². The highest BCUT2D eigenvalue weighted by atomic mass is 31.2. The van der Waals surface area contributed by atoms with E-state index in [1.54, 1.807) is 6.08 Å². The van der Waals surface area contributed by atoms with Gasteiger partial charge in [-0.25, -0.2) is 4.57 Å². The van der Waals surface area contributed by atoms with E-state index in [2.05, 4.69) is 177 Å². The van der Waals surface area contributed by atoms with Crippen molar-refractivity contribution in [2.45, 2.75) is 167 Å². The minimum absolute atomic E-state index is 0.0363. The standard InChI is InChI=1S/C61H97N2O6P/c1-6-8-10-12-14-16-18-19-20-21-22-23-24-25-26-27-28-29-30-31-32-33-34-35-36-37-38-39-40-41-42-43-45-47-49-51-53-55-61(65)62-59(58-69-70(66,67)68-57-56-63(3,4)5)60(64)54-52-50-48-46-44-17-15-13-11-9-7-2/h8,10-11,13-14,16,19-20,22-23,25-26,28-29,31-32,34-35,37-38,40-41,43-46,52,54,59-60,64H,6-7,9,12,15,17-18,21,24,27,30,33,36,39,42,47-51,53,55-58H2,1-5H3,(H-,62,65,66,67)/p+1/b10-8-,13-11+,16-14-,20-19-,23-22-,26-25-,29-28-,32-31-,35-34-,38-37-,41-40-,45-43-,46-44+,54-52+. The van der Waals surface area contributed by atoms with Crippen molar-refractivity contribution in [2.75, 3.05) is 40.9 Å². The van der Waals surface area contributed by atoms with Gasteiger partial charge >= 0.3 is 7.82 Å². The number of aliphatic hydroxyl groups is 1. The molecule has 0 spiro atoms. The van der Waals surface area contributed by atoms with Crippen LogP contribution in [0, 0.1) is 0 Å². The molecule has 8 nitrogen and oxygen atoms in total. The highest BCUT2D eigenvalue weighted by Gasteiger charge is 2.27. The molecule has 0 saturated carbocycles. The second kappa shape index (κ2) is 49.8. The van der Waals surface area contributed by atoms with Crippen LogP contribution in [0.1, 0.15) is 155 Å². The molecule has 0 fully saturated rings. The molecule has 0 aromatic heterocycles. The molecule has 0 aliphatic carbocycles. The largest absolute Gasteiger partial charge is 0.472 e. The lowest BCUT2D eigenvalue weighted by Crippen LogP contribution is -2.45. The summed E-state index contributed by atoms with van der Waals surface area (Å²) in [6, 6.07) is -0.899. The SMILES string of the molecule is CC/C=C\C/C=C\C/C=C\C/C=C\C/C=C\C/C=C\C/C=C\C/C=C\C/C=C\C/C=C\C/C=C\CCCCCC(=O)NC(COP(=O)(O)OCC[N+](C)(C)C)C(O)/C=C/CC/C=C/CC/C=C/CCC. The van der Waals surface area contributed by atoms with Gasteiger partial charge < -0.3 is 19.8 Å². The van der Waals surface area contributed by atoms with E-state index in [-0.39, 0.29) is 19.1 Å². The molecule has 0 saturated heterocycles. The molecule has 3 atom stereocenters. The number of phosphoric acid groups is 1. The van der Waals surface area contributed by atoms with Gasteiger partial charge in [-0.3, -0.25) is 13.8 Å².